The molecule has 3 aromatic heterocycles. The minimum atomic E-state index is -1.59. The van der Waals surface area contributed by atoms with Crippen molar-refractivity contribution in [3.63, 3.8) is 0 Å². The first-order chi connectivity index (χ1) is 35.1. The molecule has 0 saturated carbocycles. The maximum absolute atomic E-state index is 10.7. The van der Waals surface area contributed by atoms with E-state index in [2.05, 4.69) is 9.97 Å². The van der Waals surface area contributed by atoms with Gasteiger partial charge in [0.05, 0.1) is 36.0 Å². The first-order valence-corrected chi connectivity index (χ1v) is 23.5. The number of nitrogens with zero attached hydrogens (tertiary/aromatic N) is 2. The lowest BCUT2D eigenvalue weighted by atomic mass is 9.99. The minimum absolute atomic E-state index is 0.308. The van der Waals surface area contributed by atoms with Crippen LogP contribution in [0.4, 0.5) is 0 Å². The maximum atomic E-state index is 10.7. The highest BCUT2D eigenvalue weighted by Crippen LogP contribution is 2.40. The van der Waals surface area contributed by atoms with Gasteiger partial charge in [-0.15, -0.1) is 0 Å². The molecular formula is C56H50N4O12. The third-order valence-electron chi connectivity index (χ3n) is 13.4. The van der Waals surface area contributed by atoms with E-state index in [0.717, 1.165) is 66.6 Å². The average molecular weight is 971 g/mol. The third kappa shape index (κ3) is 8.79. The van der Waals surface area contributed by atoms with Crippen molar-refractivity contribution in [1.29, 1.82) is 0 Å². The molecule has 72 heavy (non-hydrogen) atoms. The van der Waals surface area contributed by atoms with Crippen molar-refractivity contribution in [3.8, 4) is 56.0 Å². The molecule has 0 aliphatic carbocycles. The van der Waals surface area contributed by atoms with Gasteiger partial charge in [0.25, 0.3) is 0 Å². The summed E-state index contributed by atoms with van der Waals surface area (Å²) in [5.74, 6) is 0.627. The van der Waals surface area contributed by atoms with Crippen LogP contribution in [-0.2, 0) is 9.47 Å². The number of nitrogens with one attached hydrogen (secondary N) is 2. The van der Waals surface area contributed by atoms with Gasteiger partial charge in [0.2, 0.25) is 12.6 Å². The first-order valence-electron chi connectivity index (χ1n) is 23.5. The van der Waals surface area contributed by atoms with E-state index in [9.17, 15) is 40.9 Å². The minimum Gasteiger partial charge on any atom is -0.462 e. The average Bonchev–Trinajstić information content (AvgIpc) is 4.27. The van der Waals surface area contributed by atoms with Crippen molar-refractivity contribution in [2.75, 3.05) is 13.2 Å². The molecule has 4 aliphatic heterocycles. The van der Waals surface area contributed by atoms with Crippen LogP contribution >= 0.6 is 0 Å². The second-order valence-electron chi connectivity index (χ2n) is 17.9. The van der Waals surface area contributed by atoms with E-state index in [1.807, 2.05) is 133 Å². The summed E-state index contributed by atoms with van der Waals surface area (Å²) in [6.45, 7) is -1.16. The Balaban J connectivity index is 1.09. The normalized spacial score (nSPS) is 24.8. The number of fused-ring (bicyclic) bond motifs is 8. The van der Waals surface area contributed by atoms with Crippen molar-refractivity contribution in [2.45, 2.75) is 61.4 Å². The fraction of sp³-hybridized carbons (Fsp3) is 0.214. The van der Waals surface area contributed by atoms with Gasteiger partial charge in [-0.3, -0.25) is 0 Å². The van der Waals surface area contributed by atoms with Gasteiger partial charge in [-0.05, 0) is 95.1 Å². The lowest BCUT2D eigenvalue weighted by Crippen LogP contribution is -2.60. The van der Waals surface area contributed by atoms with Crippen LogP contribution < -0.4 is 9.47 Å². The quantitative estimate of drug-likeness (QED) is 0.0792. The molecule has 16 nitrogen and oxygen atoms in total. The molecule has 4 aliphatic rings. The number of hydrogen-bond donors (Lipinski definition) is 10. The predicted molar refractivity (Wildman–Crippen MR) is 269 cm³/mol. The Labute approximate surface area is 411 Å². The summed E-state index contributed by atoms with van der Waals surface area (Å²) in [7, 11) is 0. The summed E-state index contributed by atoms with van der Waals surface area (Å²) < 4.78 is 23.2. The Morgan fingerprint density at radius 2 is 0.708 bits per heavy atom. The summed E-state index contributed by atoms with van der Waals surface area (Å²) in [4.78, 5) is 18.1. The van der Waals surface area contributed by atoms with Gasteiger partial charge >= 0.3 is 0 Å². The van der Waals surface area contributed by atoms with Crippen molar-refractivity contribution < 1.29 is 59.8 Å². The molecule has 7 heterocycles. The number of rotatable bonds is 10. The summed E-state index contributed by atoms with van der Waals surface area (Å²) in [6, 6.07) is 42.3. The standard InChI is InChI=1S/C56H50N4O12/c61-27-43-49(63)51(65)53(67)55(71-43)69-33-15-11-31(12-16-33)47-39-23-19-35(57-39)45(29-7-3-1-4-8-29)36-20-24-40(58-36)48(32-13-17-34(18-14-32)70-56-54(68)52(66)50(64)44(28-62)72-56)42-26-22-38(60-42)46(30-9-5-2-6-10-30)37-21-25-41(47)59-37/h1-26,43-44,49-57,59,61-68H,27-28H2/t43-,44-,49-,50-,51+,52+,53-,54-,55-,56-/m1/s1. The topological polar surface area (TPSA) is 256 Å². The monoisotopic (exact) mass is 970 g/mol. The van der Waals surface area contributed by atoms with Gasteiger partial charge in [-0.25, -0.2) is 9.97 Å². The smallest absolute Gasteiger partial charge is 0.229 e. The Hall–Kier alpha value is -7.32. The van der Waals surface area contributed by atoms with E-state index >= 15 is 0 Å². The van der Waals surface area contributed by atoms with E-state index in [4.69, 9.17) is 28.9 Å². The zero-order valence-electron chi connectivity index (χ0n) is 38.3. The Morgan fingerprint density at radius 3 is 1.08 bits per heavy atom. The summed E-state index contributed by atoms with van der Waals surface area (Å²) in [5.41, 5.74) is 12.4. The molecule has 16 heteroatoms. The third-order valence-corrected chi connectivity index (χ3v) is 13.4. The van der Waals surface area contributed by atoms with E-state index in [-0.39, 0.29) is 0 Å². The van der Waals surface area contributed by atoms with Gasteiger partial charge < -0.3 is 69.8 Å². The second-order valence-corrected chi connectivity index (χ2v) is 17.9. The van der Waals surface area contributed by atoms with Gasteiger partial charge in [-0.1, -0.05) is 84.9 Å². The van der Waals surface area contributed by atoms with Crippen LogP contribution in [0.15, 0.2) is 133 Å². The van der Waals surface area contributed by atoms with Crippen molar-refractivity contribution in [1.82, 2.24) is 19.9 Å². The second kappa shape index (κ2) is 19.7. The molecule has 0 unspecified atom stereocenters. The van der Waals surface area contributed by atoms with Gasteiger partial charge in [-0.2, -0.15) is 0 Å². The number of hydrogen-bond acceptors (Lipinski definition) is 14. The molecule has 10 atom stereocenters. The predicted octanol–water partition coefficient (Wildman–Crippen LogP) is 5.68. The Kier molecular flexibility index (Phi) is 12.9. The van der Waals surface area contributed by atoms with Crippen LogP contribution in [0.25, 0.3) is 90.9 Å². The number of H-pyrrole nitrogens is 2. The van der Waals surface area contributed by atoms with E-state index in [1.54, 1.807) is 24.3 Å². The van der Waals surface area contributed by atoms with Gasteiger partial charge in [0.15, 0.2) is 0 Å². The number of ether oxygens (including phenoxy) is 4. The van der Waals surface area contributed by atoms with Crippen molar-refractivity contribution >= 4 is 46.4 Å². The van der Waals surface area contributed by atoms with Crippen LogP contribution in [-0.4, -0.2) is 135 Å². The fourth-order valence-corrected chi connectivity index (χ4v) is 9.63. The number of benzene rings is 4. The summed E-state index contributed by atoms with van der Waals surface area (Å²) in [6.07, 6.45) is -6.43. The van der Waals surface area contributed by atoms with Crippen LogP contribution in [0, 0.1) is 0 Å². The highest BCUT2D eigenvalue weighted by molar-refractivity contribution is 6.00. The molecule has 2 saturated heterocycles. The van der Waals surface area contributed by atoms with Gasteiger partial charge in [0, 0.05) is 44.3 Å². The fourth-order valence-electron chi connectivity index (χ4n) is 9.63. The summed E-state index contributed by atoms with van der Waals surface area (Å²) >= 11 is 0. The number of aromatic nitrogens is 4. The van der Waals surface area contributed by atoms with Crippen LogP contribution in [0.3, 0.4) is 0 Å². The van der Waals surface area contributed by atoms with Crippen LogP contribution in [0.5, 0.6) is 11.5 Å². The van der Waals surface area contributed by atoms with Crippen molar-refractivity contribution in [3.05, 3.63) is 156 Å². The number of aliphatic hydroxyl groups excluding tert-OH is 8. The van der Waals surface area contributed by atoms with Crippen LogP contribution in [0.2, 0.25) is 0 Å². The molecule has 0 radical (unpaired) electrons. The number of aliphatic hydroxyl groups is 8. The van der Waals surface area contributed by atoms with Crippen LogP contribution in [0.1, 0.15) is 22.8 Å². The first kappa shape index (κ1) is 47.0. The highest BCUT2D eigenvalue weighted by atomic mass is 16.7. The lowest BCUT2D eigenvalue weighted by Gasteiger charge is -2.39. The highest BCUT2D eigenvalue weighted by Gasteiger charge is 2.46. The lowest BCUT2D eigenvalue weighted by molar-refractivity contribution is -0.277. The molecule has 366 valence electrons. The van der Waals surface area contributed by atoms with Gasteiger partial charge in [0.1, 0.15) is 60.3 Å². The molecule has 10 N–H and O–H groups in total. The zero-order chi connectivity index (χ0) is 49.6. The molecule has 4 aromatic carbocycles. The van der Waals surface area contributed by atoms with E-state index < -0.39 is 74.6 Å². The number of aromatic amines is 2. The Morgan fingerprint density at radius 1 is 0.375 bits per heavy atom. The largest absolute Gasteiger partial charge is 0.462 e. The molecule has 7 aromatic rings. The maximum Gasteiger partial charge on any atom is 0.229 e. The SMILES string of the molecule is OC[C@H]1O[C@@H](Oc2ccc(-c3c4nc(c(-c5ccccc5)c5ccc([nH]5)c(-c5ccc(O[C@@H]6O[C@H](CO)[C@@H](O)[C@H](O)[C@H]6O)cc5)c5ccc([nH]5)c(-c5ccccc5)c5nc3C=C5)C=C4)cc2)[C@H](O)[C@@H](O)[C@@H]1O. The molecule has 0 spiro atoms. The molecule has 11 rings (SSSR count). The van der Waals surface area contributed by atoms with E-state index in [1.165, 1.54) is 0 Å². The van der Waals surface area contributed by atoms with Crippen molar-refractivity contribution in [2.24, 2.45) is 0 Å². The molecule has 0 amide bonds. The zero-order valence-corrected chi connectivity index (χ0v) is 38.3. The van der Waals surface area contributed by atoms with E-state index in [0.29, 0.717) is 34.3 Å². The molecular weight excluding hydrogens is 921 g/mol. The molecule has 8 bridgehead atoms. The summed E-state index contributed by atoms with van der Waals surface area (Å²) in [5, 5.41) is 82.2. The Bertz CT molecular complexity index is 3180. The molecule has 2 fully saturated rings.